The molecule has 1 N–H and O–H groups in total. The van der Waals surface area contributed by atoms with Crippen molar-refractivity contribution in [1.82, 2.24) is 10.2 Å². The SMILES string of the molecule is CCCCC(CC)CN1CCC(=O)NC(C(C)C)C1=O. The Hall–Kier alpha value is -1.06. The predicted molar refractivity (Wildman–Crippen MR) is 81.3 cm³/mol. The van der Waals surface area contributed by atoms with E-state index in [1.807, 2.05) is 18.7 Å². The average molecular weight is 282 g/mol. The van der Waals surface area contributed by atoms with Crippen LogP contribution in [0, 0.1) is 11.8 Å². The first-order chi connectivity index (χ1) is 9.49. The lowest BCUT2D eigenvalue weighted by molar-refractivity contribution is -0.135. The highest BCUT2D eigenvalue weighted by Gasteiger charge is 2.32. The lowest BCUT2D eigenvalue weighted by Crippen LogP contribution is -2.48. The molecule has 4 heteroatoms. The van der Waals surface area contributed by atoms with Crippen molar-refractivity contribution in [2.75, 3.05) is 13.1 Å². The summed E-state index contributed by atoms with van der Waals surface area (Å²) in [4.78, 5) is 26.2. The Labute approximate surface area is 123 Å². The minimum atomic E-state index is -0.353. The van der Waals surface area contributed by atoms with Crippen molar-refractivity contribution in [3.8, 4) is 0 Å². The summed E-state index contributed by atoms with van der Waals surface area (Å²) in [5.41, 5.74) is 0. The molecule has 0 aromatic carbocycles. The summed E-state index contributed by atoms with van der Waals surface area (Å²) >= 11 is 0. The largest absolute Gasteiger partial charge is 0.344 e. The van der Waals surface area contributed by atoms with Gasteiger partial charge in [0.05, 0.1) is 0 Å². The number of carbonyl (C=O) groups excluding carboxylic acids is 2. The van der Waals surface area contributed by atoms with Crippen molar-refractivity contribution < 1.29 is 9.59 Å². The van der Waals surface area contributed by atoms with E-state index >= 15 is 0 Å². The van der Waals surface area contributed by atoms with Gasteiger partial charge in [0.2, 0.25) is 11.8 Å². The molecule has 116 valence electrons. The van der Waals surface area contributed by atoms with E-state index < -0.39 is 0 Å². The molecule has 0 spiro atoms. The van der Waals surface area contributed by atoms with Gasteiger partial charge in [0, 0.05) is 19.5 Å². The quantitative estimate of drug-likeness (QED) is 0.780. The Bertz CT molecular complexity index is 328. The molecule has 4 nitrogen and oxygen atoms in total. The van der Waals surface area contributed by atoms with Gasteiger partial charge in [-0.15, -0.1) is 0 Å². The van der Waals surface area contributed by atoms with Crippen LogP contribution in [-0.2, 0) is 9.59 Å². The summed E-state index contributed by atoms with van der Waals surface area (Å²) in [6, 6.07) is -0.353. The molecular weight excluding hydrogens is 252 g/mol. The third-order valence-electron chi connectivity index (χ3n) is 4.19. The highest BCUT2D eigenvalue weighted by molar-refractivity contribution is 5.90. The van der Waals surface area contributed by atoms with Gasteiger partial charge in [-0.05, 0) is 18.3 Å². The molecular formula is C16H30N2O2. The molecule has 1 aliphatic rings. The lowest BCUT2D eigenvalue weighted by atomic mass is 9.97. The molecule has 2 unspecified atom stereocenters. The Morgan fingerprint density at radius 1 is 1.30 bits per heavy atom. The summed E-state index contributed by atoms with van der Waals surface area (Å²) in [5, 5.41) is 2.86. The van der Waals surface area contributed by atoms with Gasteiger partial charge < -0.3 is 10.2 Å². The highest BCUT2D eigenvalue weighted by Crippen LogP contribution is 2.18. The van der Waals surface area contributed by atoms with Crippen molar-refractivity contribution in [3.05, 3.63) is 0 Å². The molecule has 1 rings (SSSR count). The number of carbonyl (C=O) groups is 2. The molecule has 0 bridgehead atoms. The van der Waals surface area contributed by atoms with Gasteiger partial charge in [-0.3, -0.25) is 9.59 Å². The fraction of sp³-hybridized carbons (Fsp3) is 0.875. The smallest absolute Gasteiger partial charge is 0.245 e. The Morgan fingerprint density at radius 2 is 2.00 bits per heavy atom. The normalized spacial score (nSPS) is 21.9. The third kappa shape index (κ3) is 4.80. The number of hydrogen-bond donors (Lipinski definition) is 1. The summed E-state index contributed by atoms with van der Waals surface area (Å²) in [6.07, 6.45) is 5.10. The van der Waals surface area contributed by atoms with Crippen LogP contribution in [0.15, 0.2) is 0 Å². The van der Waals surface area contributed by atoms with E-state index in [1.165, 1.54) is 19.3 Å². The van der Waals surface area contributed by atoms with E-state index in [-0.39, 0.29) is 23.8 Å². The van der Waals surface area contributed by atoms with Crippen LogP contribution in [0.5, 0.6) is 0 Å². The number of nitrogens with zero attached hydrogens (tertiary/aromatic N) is 1. The van der Waals surface area contributed by atoms with Gasteiger partial charge in [0.1, 0.15) is 6.04 Å². The first-order valence-electron chi connectivity index (χ1n) is 8.07. The maximum Gasteiger partial charge on any atom is 0.245 e. The number of hydrogen-bond acceptors (Lipinski definition) is 2. The van der Waals surface area contributed by atoms with Crippen molar-refractivity contribution in [2.45, 2.75) is 65.8 Å². The van der Waals surface area contributed by atoms with Crippen LogP contribution in [-0.4, -0.2) is 35.8 Å². The fourth-order valence-corrected chi connectivity index (χ4v) is 2.71. The molecule has 0 aromatic heterocycles. The van der Waals surface area contributed by atoms with E-state index in [2.05, 4.69) is 19.2 Å². The van der Waals surface area contributed by atoms with E-state index in [0.717, 1.165) is 13.0 Å². The minimum Gasteiger partial charge on any atom is -0.344 e. The van der Waals surface area contributed by atoms with Gasteiger partial charge in [0.15, 0.2) is 0 Å². The molecule has 2 amide bonds. The Morgan fingerprint density at radius 3 is 2.55 bits per heavy atom. The molecule has 0 aliphatic carbocycles. The zero-order valence-corrected chi connectivity index (χ0v) is 13.4. The van der Waals surface area contributed by atoms with Crippen molar-refractivity contribution in [3.63, 3.8) is 0 Å². The summed E-state index contributed by atoms with van der Waals surface area (Å²) in [5.74, 6) is 0.796. The molecule has 1 heterocycles. The Kier molecular flexibility index (Phi) is 7.03. The molecule has 0 radical (unpaired) electrons. The number of amides is 2. The van der Waals surface area contributed by atoms with Crippen LogP contribution in [0.3, 0.4) is 0 Å². The summed E-state index contributed by atoms with van der Waals surface area (Å²) < 4.78 is 0. The number of nitrogens with one attached hydrogen (secondary N) is 1. The van der Waals surface area contributed by atoms with Crippen LogP contribution in [0.4, 0.5) is 0 Å². The second-order valence-electron chi connectivity index (χ2n) is 6.24. The van der Waals surface area contributed by atoms with E-state index in [1.54, 1.807) is 0 Å². The summed E-state index contributed by atoms with van der Waals surface area (Å²) in [7, 11) is 0. The van der Waals surface area contributed by atoms with Gasteiger partial charge in [0.25, 0.3) is 0 Å². The van der Waals surface area contributed by atoms with Gasteiger partial charge in [-0.2, -0.15) is 0 Å². The van der Waals surface area contributed by atoms with Gasteiger partial charge in [-0.25, -0.2) is 0 Å². The van der Waals surface area contributed by atoms with Crippen LogP contribution in [0.2, 0.25) is 0 Å². The first kappa shape index (κ1) is 17.0. The van der Waals surface area contributed by atoms with E-state index in [9.17, 15) is 9.59 Å². The monoisotopic (exact) mass is 282 g/mol. The first-order valence-corrected chi connectivity index (χ1v) is 8.07. The molecule has 0 aromatic rings. The third-order valence-corrected chi connectivity index (χ3v) is 4.19. The zero-order valence-electron chi connectivity index (χ0n) is 13.4. The minimum absolute atomic E-state index is 0.00107. The average Bonchev–Trinajstić information content (AvgIpc) is 2.55. The van der Waals surface area contributed by atoms with Gasteiger partial charge in [-0.1, -0.05) is 47.0 Å². The Balaban J connectivity index is 2.70. The van der Waals surface area contributed by atoms with Crippen LogP contribution in [0.1, 0.15) is 59.8 Å². The lowest BCUT2D eigenvalue weighted by Gasteiger charge is -2.29. The van der Waals surface area contributed by atoms with Crippen molar-refractivity contribution >= 4 is 11.8 Å². The highest BCUT2D eigenvalue weighted by atomic mass is 16.2. The van der Waals surface area contributed by atoms with Crippen LogP contribution < -0.4 is 5.32 Å². The zero-order chi connectivity index (χ0) is 15.1. The number of unbranched alkanes of at least 4 members (excludes halogenated alkanes) is 1. The molecule has 20 heavy (non-hydrogen) atoms. The molecule has 2 atom stereocenters. The van der Waals surface area contributed by atoms with Crippen molar-refractivity contribution in [2.24, 2.45) is 11.8 Å². The standard InChI is InChI=1S/C16H30N2O2/c1-5-7-8-13(6-2)11-18-10-9-14(19)17-15(12(3)4)16(18)20/h12-13,15H,5-11H2,1-4H3,(H,17,19). The molecule has 1 aliphatic heterocycles. The maximum absolute atomic E-state index is 12.6. The second-order valence-corrected chi connectivity index (χ2v) is 6.24. The topological polar surface area (TPSA) is 49.4 Å². The summed E-state index contributed by atoms with van der Waals surface area (Å²) in [6.45, 7) is 9.72. The fourth-order valence-electron chi connectivity index (χ4n) is 2.71. The number of rotatable bonds is 7. The van der Waals surface area contributed by atoms with E-state index in [4.69, 9.17) is 0 Å². The predicted octanol–water partition coefficient (Wildman–Crippen LogP) is 2.58. The van der Waals surface area contributed by atoms with E-state index in [0.29, 0.717) is 18.9 Å². The molecule has 1 saturated heterocycles. The van der Waals surface area contributed by atoms with Crippen molar-refractivity contribution in [1.29, 1.82) is 0 Å². The van der Waals surface area contributed by atoms with Crippen LogP contribution >= 0.6 is 0 Å². The molecule has 1 fully saturated rings. The molecule has 0 saturated carbocycles. The maximum atomic E-state index is 12.6. The van der Waals surface area contributed by atoms with Gasteiger partial charge >= 0.3 is 0 Å². The van der Waals surface area contributed by atoms with Crippen LogP contribution in [0.25, 0.3) is 0 Å². The second kappa shape index (κ2) is 8.28.